The standard InChI is InChI=1S/C15H25N3O4/c1-11(13(19)20)10-18(16-5)12-6-8-17(9-7-12)14(21)22-15(2,3)4/h10,12H,5-9H2,1-4H3,(H,19,20)/b11-10+. The third kappa shape index (κ3) is 5.38. The van der Waals surface area contributed by atoms with Crippen LogP contribution in [0, 0.1) is 0 Å². The molecule has 0 radical (unpaired) electrons. The van der Waals surface area contributed by atoms with E-state index in [0.717, 1.165) is 0 Å². The van der Waals surface area contributed by atoms with E-state index < -0.39 is 11.6 Å². The highest BCUT2D eigenvalue weighted by atomic mass is 16.6. The Bertz CT molecular complexity index is 460. The zero-order valence-corrected chi connectivity index (χ0v) is 13.7. The van der Waals surface area contributed by atoms with Gasteiger partial charge in [0.15, 0.2) is 0 Å². The van der Waals surface area contributed by atoms with E-state index in [4.69, 9.17) is 9.84 Å². The Morgan fingerprint density at radius 2 is 1.91 bits per heavy atom. The van der Waals surface area contributed by atoms with Gasteiger partial charge in [-0.05, 0) is 40.5 Å². The summed E-state index contributed by atoms with van der Waals surface area (Å²) in [6.07, 6.45) is 2.52. The third-order valence-corrected chi connectivity index (χ3v) is 3.32. The summed E-state index contributed by atoms with van der Waals surface area (Å²) in [4.78, 5) is 24.5. The summed E-state index contributed by atoms with van der Waals surface area (Å²) in [5, 5.41) is 14.4. The number of hydrazone groups is 1. The van der Waals surface area contributed by atoms with Crippen molar-refractivity contribution in [1.82, 2.24) is 9.91 Å². The van der Waals surface area contributed by atoms with Gasteiger partial charge >= 0.3 is 12.1 Å². The quantitative estimate of drug-likeness (QED) is 0.489. The number of ether oxygens (including phenoxy) is 1. The fraction of sp³-hybridized carbons (Fsp3) is 0.667. The molecule has 1 saturated heterocycles. The number of carboxylic acids is 1. The third-order valence-electron chi connectivity index (χ3n) is 3.32. The van der Waals surface area contributed by atoms with Crippen molar-refractivity contribution < 1.29 is 19.4 Å². The summed E-state index contributed by atoms with van der Waals surface area (Å²) in [6, 6.07) is 0.0329. The molecule has 0 unspecified atom stereocenters. The van der Waals surface area contributed by atoms with Crippen LogP contribution in [0.2, 0.25) is 0 Å². The first-order valence-corrected chi connectivity index (χ1v) is 7.28. The van der Waals surface area contributed by atoms with E-state index in [-0.39, 0.29) is 17.7 Å². The van der Waals surface area contributed by atoms with Crippen LogP contribution >= 0.6 is 0 Å². The fourth-order valence-electron chi connectivity index (χ4n) is 2.15. The van der Waals surface area contributed by atoms with Crippen molar-refractivity contribution in [3.8, 4) is 0 Å². The van der Waals surface area contributed by atoms with Crippen LogP contribution in [0.5, 0.6) is 0 Å². The molecule has 1 rings (SSSR count). The van der Waals surface area contributed by atoms with Crippen LogP contribution in [0.3, 0.4) is 0 Å². The second-order valence-electron chi connectivity index (χ2n) is 6.34. The molecule has 1 amide bonds. The topological polar surface area (TPSA) is 82.4 Å². The van der Waals surface area contributed by atoms with E-state index in [9.17, 15) is 9.59 Å². The Kier molecular flexibility index (Phi) is 5.96. The van der Waals surface area contributed by atoms with Gasteiger partial charge in [0.25, 0.3) is 0 Å². The lowest BCUT2D eigenvalue weighted by Gasteiger charge is -2.36. The Hall–Kier alpha value is -2.05. The van der Waals surface area contributed by atoms with Gasteiger partial charge < -0.3 is 14.7 Å². The molecular formula is C15H25N3O4. The van der Waals surface area contributed by atoms with Crippen LogP contribution < -0.4 is 0 Å². The smallest absolute Gasteiger partial charge is 0.410 e. The van der Waals surface area contributed by atoms with Gasteiger partial charge in [-0.1, -0.05) is 0 Å². The van der Waals surface area contributed by atoms with Gasteiger partial charge in [-0.25, -0.2) is 9.59 Å². The minimum atomic E-state index is -0.986. The van der Waals surface area contributed by atoms with Gasteiger partial charge in [0.1, 0.15) is 5.60 Å². The van der Waals surface area contributed by atoms with Crippen molar-refractivity contribution in [2.45, 2.75) is 52.2 Å². The lowest BCUT2D eigenvalue weighted by Crippen LogP contribution is -2.45. The van der Waals surface area contributed by atoms with Crippen LogP contribution in [0.15, 0.2) is 16.9 Å². The highest BCUT2D eigenvalue weighted by Crippen LogP contribution is 2.20. The summed E-state index contributed by atoms with van der Waals surface area (Å²) in [6.45, 7) is 11.6. The number of nitrogens with zero attached hydrogens (tertiary/aromatic N) is 3. The number of amides is 1. The van der Waals surface area contributed by atoms with E-state index >= 15 is 0 Å². The second kappa shape index (κ2) is 7.29. The molecule has 0 aromatic carbocycles. The minimum Gasteiger partial charge on any atom is -0.478 e. The SMILES string of the molecule is C=NN(/C=C(\C)C(=O)O)C1CCN(C(=O)OC(C)(C)C)CC1. The molecule has 0 aromatic rings. The largest absolute Gasteiger partial charge is 0.478 e. The van der Waals surface area contributed by atoms with Crippen LogP contribution in [0.1, 0.15) is 40.5 Å². The molecule has 0 atom stereocenters. The molecule has 1 fully saturated rings. The van der Waals surface area contributed by atoms with Gasteiger partial charge in [0, 0.05) is 26.0 Å². The van der Waals surface area contributed by atoms with E-state index in [1.807, 2.05) is 20.8 Å². The molecule has 1 heterocycles. The monoisotopic (exact) mass is 311 g/mol. The van der Waals surface area contributed by atoms with Crippen molar-refractivity contribution in [2.75, 3.05) is 13.1 Å². The van der Waals surface area contributed by atoms with Gasteiger partial charge in [-0.15, -0.1) is 0 Å². The first-order chi connectivity index (χ1) is 10.1. The van der Waals surface area contributed by atoms with Crippen molar-refractivity contribution in [3.63, 3.8) is 0 Å². The fourth-order valence-corrected chi connectivity index (χ4v) is 2.15. The number of aliphatic carboxylic acids is 1. The Labute approximate surface area is 131 Å². The van der Waals surface area contributed by atoms with Crippen LogP contribution in [-0.4, -0.2) is 58.5 Å². The van der Waals surface area contributed by atoms with Crippen molar-refractivity contribution in [2.24, 2.45) is 5.10 Å². The number of rotatable bonds is 4. The molecule has 0 saturated carbocycles. The molecule has 7 nitrogen and oxygen atoms in total. The van der Waals surface area contributed by atoms with Crippen LogP contribution in [-0.2, 0) is 9.53 Å². The minimum absolute atomic E-state index is 0.0329. The number of hydrogen-bond donors (Lipinski definition) is 1. The van der Waals surface area contributed by atoms with Gasteiger partial charge in [0.05, 0.1) is 11.6 Å². The van der Waals surface area contributed by atoms with Crippen LogP contribution in [0.25, 0.3) is 0 Å². The molecule has 1 aliphatic rings. The molecular weight excluding hydrogens is 286 g/mol. The molecule has 0 aliphatic carbocycles. The summed E-state index contributed by atoms with van der Waals surface area (Å²) in [5.41, 5.74) is -0.314. The zero-order valence-electron chi connectivity index (χ0n) is 13.7. The Morgan fingerprint density at radius 1 is 1.36 bits per heavy atom. The van der Waals surface area contributed by atoms with Crippen LogP contribution in [0.4, 0.5) is 4.79 Å². The molecule has 22 heavy (non-hydrogen) atoms. The average Bonchev–Trinajstić information content (AvgIpc) is 2.42. The Balaban J connectivity index is 2.60. The second-order valence-corrected chi connectivity index (χ2v) is 6.34. The zero-order chi connectivity index (χ0) is 16.9. The molecule has 1 N–H and O–H groups in total. The maximum Gasteiger partial charge on any atom is 0.410 e. The maximum atomic E-state index is 12.0. The van der Waals surface area contributed by atoms with E-state index in [1.165, 1.54) is 13.1 Å². The van der Waals surface area contributed by atoms with Crippen molar-refractivity contribution >= 4 is 18.8 Å². The number of carbonyl (C=O) groups excluding carboxylic acids is 1. The predicted octanol–water partition coefficient (Wildman–Crippen LogP) is 2.29. The van der Waals surface area contributed by atoms with Gasteiger partial charge in [-0.2, -0.15) is 5.10 Å². The van der Waals surface area contributed by atoms with Gasteiger partial charge in [0.2, 0.25) is 0 Å². The van der Waals surface area contributed by atoms with Gasteiger partial charge in [-0.3, -0.25) is 5.01 Å². The summed E-state index contributed by atoms with van der Waals surface area (Å²) < 4.78 is 5.34. The van der Waals surface area contributed by atoms with Crippen molar-refractivity contribution in [3.05, 3.63) is 11.8 Å². The number of hydrogen-bond acceptors (Lipinski definition) is 5. The summed E-state index contributed by atoms with van der Waals surface area (Å²) in [7, 11) is 0. The molecule has 7 heteroatoms. The average molecular weight is 311 g/mol. The van der Waals surface area contributed by atoms with E-state index in [2.05, 4.69) is 11.8 Å². The highest BCUT2D eigenvalue weighted by Gasteiger charge is 2.28. The number of carbonyl (C=O) groups is 2. The highest BCUT2D eigenvalue weighted by molar-refractivity contribution is 5.85. The van der Waals surface area contributed by atoms with Crippen molar-refractivity contribution in [1.29, 1.82) is 0 Å². The molecule has 1 aliphatic heterocycles. The Morgan fingerprint density at radius 3 is 2.32 bits per heavy atom. The first kappa shape index (κ1) is 18.0. The summed E-state index contributed by atoms with van der Waals surface area (Å²) in [5.74, 6) is -0.986. The first-order valence-electron chi connectivity index (χ1n) is 7.28. The van der Waals surface area contributed by atoms with E-state index in [0.29, 0.717) is 25.9 Å². The molecule has 0 bridgehead atoms. The lowest BCUT2D eigenvalue weighted by atomic mass is 10.0. The predicted molar refractivity (Wildman–Crippen MR) is 83.6 cm³/mol. The lowest BCUT2D eigenvalue weighted by molar-refractivity contribution is -0.132. The molecule has 0 spiro atoms. The number of piperidine rings is 1. The molecule has 124 valence electrons. The number of carboxylic acid groups (broad SMARTS) is 1. The molecule has 0 aromatic heterocycles. The van der Waals surface area contributed by atoms with E-state index in [1.54, 1.807) is 9.91 Å². The number of likely N-dealkylation sites (tertiary alicyclic amines) is 1. The normalized spacial score (nSPS) is 17.1. The maximum absolute atomic E-state index is 12.0. The summed E-state index contributed by atoms with van der Waals surface area (Å²) >= 11 is 0.